The molecule has 1 amide bonds. The van der Waals surface area contributed by atoms with Crippen LogP contribution in [0.15, 0.2) is 0 Å². The lowest BCUT2D eigenvalue weighted by Gasteiger charge is -2.45. The number of rotatable bonds is 2. The Morgan fingerprint density at radius 2 is 1.89 bits per heavy atom. The summed E-state index contributed by atoms with van der Waals surface area (Å²) in [6, 6.07) is 2.63. The second kappa shape index (κ2) is 5.73. The minimum absolute atomic E-state index is 0.0871. The minimum Gasteiger partial charge on any atom is -0.338 e. The molecule has 0 spiro atoms. The first-order valence-electron chi connectivity index (χ1n) is 7.35. The topological polar surface area (TPSA) is 44.1 Å². The van der Waals surface area contributed by atoms with Gasteiger partial charge in [0.25, 0.3) is 0 Å². The second-order valence-corrected chi connectivity index (χ2v) is 6.14. The van der Waals surface area contributed by atoms with E-state index in [1.165, 1.54) is 25.7 Å². The number of hydrogen-bond acceptors (Lipinski definition) is 2. The summed E-state index contributed by atoms with van der Waals surface area (Å²) in [5.41, 5.74) is 0. The smallest absolute Gasteiger partial charge is 0.240 e. The zero-order chi connectivity index (χ0) is 13.1. The van der Waals surface area contributed by atoms with Crippen LogP contribution < -0.4 is 0 Å². The molecule has 1 aliphatic carbocycles. The molecule has 3 unspecified atom stereocenters. The highest BCUT2D eigenvalue weighted by Crippen LogP contribution is 2.36. The molecule has 0 aromatic carbocycles. The maximum Gasteiger partial charge on any atom is 0.240 e. The van der Waals surface area contributed by atoms with E-state index in [4.69, 9.17) is 0 Å². The van der Waals surface area contributed by atoms with Crippen molar-refractivity contribution in [3.8, 4) is 6.07 Å². The standard InChI is InChI=1S/C15H24N2O/c1-11(2)13(10-16)15(18)17-9-5-7-12-6-3-4-8-14(12)17/h11-14H,3-9H2,1-2H3. The Balaban J connectivity index is 2.11. The molecule has 2 rings (SSSR count). The number of nitrogens with zero attached hydrogens (tertiary/aromatic N) is 2. The Morgan fingerprint density at radius 1 is 1.22 bits per heavy atom. The summed E-state index contributed by atoms with van der Waals surface area (Å²) in [6.07, 6.45) is 7.36. The number of carbonyl (C=O) groups is 1. The number of carbonyl (C=O) groups excluding carboxylic acids is 1. The van der Waals surface area contributed by atoms with Gasteiger partial charge in [0.2, 0.25) is 5.91 Å². The average molecular weight is 248 g/mol. The summed E-state index contributed by atoms with van der Waals surface area (Å²) in [5, 5.41) is 9.20. The predicted molar refractivity (Wildman–Crippen MR) is 70.6 cm³/mol. The first-order chi connectivity index (χ1) is 8.65. The zero-order valence-corrected chi connectivity index (χ0v) is 11.6. The summed E-state index contributed by atoms with van der Waals surface area (Å²) in [4.78, 5) is 14.6. The molecular weight excluding hydrogens is 224 g/mol. The summed E-state index contributed by atoms with van der Waals surface area (Å²) in [6.45, 7) is 4.80. The first-order valence-corrected chi connectivity index (χ1v) is 7.35. The Bertz CT molecular complexity index is 343. The van der Waals surface area contributed by atoms with Gasteiger partial charge in [0.1, 0.15) is 5.92 Å². The van der Waals surface area contributed by atoms with E-state index in [0.29, 0.717) is 12.0 Å². The Morgan fingerprint density at radius 3 is 2.56 bits per heavy atom. The van der Waals surface area contributed by atoms with Crippen molar-refractivity contribution < 1.29 is 4.79 Å². The number of amides is 1. The molecule has 18 heavy (non-hydrogen) atoms. The van der Waals surface area contributed by atoms with Crippen LogP contribution in [0.4, 0.5) is 0 Å². The molecule has 0 aromatic heterocycles. The fourth-order valence-electron chi connectivity index (χ4n) is 3.57. The predicted octanol–water partition coefficient (Wildman–Crippen LogP) is 2.96. The molecule has 1 aliphatic heterocycles. The van der Waals surface area contributed by atoms with E-state index in [-0.39, 0.29) is 11.8 Å². The number of fused-ring (bicyclic) bond motifs is 1. The van der Waals surface area contributed by atoms with E-state index in [0.717, 1.165) is 19.4 Å². The minimum atomic E-state index is -0.453. The molecule has 0 aromatic rings. The number of nitriles is 1. The maximum atomic E-state index is 12.5. The molecule has 0 radical (unpaired) electrons. The van der Waals surface area contributed by atoms with Gasteiger partial charge >= 0.3 is 0 Å². The maximum absolute atomic E-state index is 12.5. The van der Waals surface area contributed by atoms with Crippen LogP contribution in [-0.2, 0) is 4.79 Å². The van der Waals surface area contributed by atoms with Crippen molar-refractivity contribution in [2.24, 2.45) is 17.8 Å². The monoisotopic (exact) mass is 248 g/mol. The van der Waals surface area contributed by atoms with Gasteiger partial charge in [0.15, 0.2) is 0 Å². The van der Waals surface area contributed by atoms with Gasteiger partial charge in [-0.15, -0.1) is 0 Å². The molecule has 2 fully saturated rings. The van der Waals surface area contributed by atoms with Gasteiger partial charge in [0.05, 0.1) is 6.07 Å². The van der Waals surface area contributed by atoms with E-state index in [1.54, 1.807) is 0 Å². The largest absolute Gasteiger partial charge is 0.338 e. The average Bonchev–Trinajstić information content (AvgIpc) is 2.38. The lowest BCUT2D eigenvalue weighted by atomic mass is 9.77. The highest BCUT2D eigenvalue weighted by atomic mass is 16.2. The van der Waals surface area contributed by atoms with Gasteiger partial charge in [-0.1, -0.05) is 26.7 Å². The second-order valence-electron chi connectivity index (χ2n) is 6.14. The van der Waals surface area contributed by atoms with Gasteiger partial charge in [0, 0.05) is 12.6 Å². The van der Waals surface area contributed by atoms with E-state index in [1.807, 2.05) is 18.7 Å². The molecule has 1 heterocycles. The van der Waals surface area contributed by atoms with Crippen LogP contribution in [0.25, 0.3) is 0 Å². The number of hydrogen-bond donors (Lipinski definition) is 0. The molecule has 100 valence electrons. The van der Waals surface area contributed by atoms with E-state index < -0.39 is 5.92 Å². The SMILES string of the molecule is CC(C)C(C#N)C(=O)N1CCCC2CCCCC21. The van der Waals surface area contributed by atoms with Crippen molar-refractivity contribution in [2.75, 3.05) is 6.54 Å². The van der Waals surface area contributed by atoms with Gasteiger partial charge in [-0.25, -0.2) is 0 Å². The third kappa shape index (κ3) is 2.53. The number of likely N-dealkylation sites (tertiary alicyclic amines) is 1. The van der Waals surface area contributed by atoms with Crippen molar-refractivity contribution in [2.45, 2.75) is 58.4 Å². The summed E-state index contributed by atoms with van der Waals surface area (Å²) in [5.74, 6) is 0.448. The van der Waals surface area contributed by atoms with Crippen LogP contribution in [-0.4, -0.2) is 23.4 Å². The molecule has 1 saturated carbocycles. The fourth-order valence-corrected chi connectivity index (χ4v) is 3.57. The van der Waals surface area contributed by atoms with Gasteiger partial charge in [-0.05, 0) is 37.5 Å². The van der Waals surface area contributed by atoms with Crippen LogP contribution in [0, 0.1) is 29.1 Å². The van der Waals surface area contributed by atoms with Crippen LogP contribution in [0.1, 0.15) is 52.4 Å². The Hall–Kier alpha value is -1.04. The zero-order valence-electron chi connectivity index (χ0n) is 11.6. The molecule has 0 bridgehead atoms. The lowest BCUT2D eigenvalue weighted by Crippen LogP contribution is -2.52. The van der Waals surface area contributed by atoms with E-state index in [2.05, 4.69) is 6.07 Å². The molecule has 2 aliphatic rings. The molecule has 3 atom stereocenters. The number of piperidine rings is 1. The third-order valence-electron chi connectivity index (χ3n) is 4.60. The normalized spacial score (nSPS) is 29.6. The third-order valence-corrected chi connectivity index (χ3v) is 4.60. The van der Waals surface area contributed by atoms with Crippen LogP contribution in [0.5, 0.6) is 0 Å². The molecule has 0 N–H and O–H groups in total. The van der Waals surface area contributed by atoms with Crippen LogP contribution in [0.2, 0.25) is 0 Å². The van der Waals surface area contributed by atoms with Crippen molar-refractivity contribution in [3.05, 3.63) is 0 Å². The van der Waals surface area contributed by atoms with Crippen molar-refractivity contribution >= 4 is 5.91 Å². The highest BCUT2D eigenvalue weighted by molar-refractivity contribution is 5.82. The lowest BCUT2D eigenvalue weighted by molar-refractivity contribution is -0.141. The van der Waals surface area contributed by atoms with Gasteiger partial charge in [-0.2, -0.15) is 5.26 Å². The summed E-state index contributed by atoms with van der Waals surface area (Å²) < 4.78 is 0. The van der Waals surface area contributed by atoms with E-state index >= 15 is 0 Å². The summed E-state index contributed by atoms with van der Waals surface area (Å²) in [7, 11) is 0. The van der Waals surface area contributed by atoms with E-state index in [9.17, 15) is 10.1 Å². The first kappa shape index (κ1) is 13.4. The van der Waals surface area contributed by atoms with Crippen molar-refractivity contribution in [1.29, 1.82) is 5.26 Å². The highest BCUT2D eigenvalue weighted by Gasteiger charge is 2.38. The Labute approximate surface area is 110 Å². The van der Waals surface area contributed by atoms with Crippen LogP contribution in [0.3, 0.4) is 0 Å². The van der Waals surface area contributed by atoms with Crippen molar-refractivity contribution in [3.63, 3.8) is 0 Å². The molecular formula is C15H24N2O. The van der Waals surface area contributed by atoms with Crippen molar-refractivity contribution in [1.82, 2.24) is 4.90 Å². The molecule has 3 nitrogen and oxygen atoms in total. The van der Waals surface area contributed by atoms with Crippen LogP contribution >= 0.6 is 0 Å². The molecule has 3 heteroatoms. The van der Waals surface area contributed by atoms with Gasteiger partial charge in [-0.3, -0.25) is 4.79 Å². The summed E-state index contributed by atoms with van der Waals surface area (Å²) >= 11 is 0. The van der Waals surface area contributed by atoms with Gasteiger partial charge < -0.3 is 4.90 Å². The molecule has 1 saturated heterocycles. The quantitative estimate of drug-likeness (QED) is 0.754. The Kier molecular flexibility index (Phi) is 4.27. The fraction of sp³-hybridized carbons (Fsp3) is 0.867.